The molecule has 5 nitrogen and oxygen atoms in total. The van der Waals surface area contributed by atoms with E-state index < -0.39 is 0 Å². The zero-order valence-electron chi connectivity index (χ0n) is 44.1. The highest BCUT2D eigenvalue weighted by atomic mass is 16.5. The molecule has 0 saturated carbocycles. The largest absolute Gasteiger partial charge is 0.457 e. The Morgan fingerprint density at radius 3 is 1.35 bits per heavy atom. The van der Waals surface area contributed by atoms with Crippen LogP contribution in [0.2, 0.25) is 0 Å². The molecule has 1 aliphatic heterocycles. The molecular formula is C60H80N4O. The van der Waals surface area contributed by atoms with Gasteiger partial charge in [-0.2, -0.15) is 0 Å². The molecule has 0 spiro atoms. The van der Waals surface area contributed by atoms with Gasteiger partial charge >= 0.3 is 0 Å². The van der Waals surface area contributed by atoms with E-state index in [2.05, 4.69) is 245 Å². The fourth-order valence-corrected chi connectivity index (χ4v) is 9.27. The molecule has 0 aliphatic carbocycles. The molecule has 7 rings (SSSR count). The van der Waals surface area contributed by atoms with Crippen LogP contribution >= 0.6 is 0 Å². The molecule has 65 heavy (non-hydrogen) atoms. The molecule has 0 radical (unpaired) electrons. The van der Waals surface area contributed by atoms with Gasteiger partial charge in [0.15, 0.2) is 0 Å². The Hall–Kier alpha value is -5.03. The van der Waals surface area contributed by atoms with Crippen LogP contribution in [0.15, 0.2) is 103 Å². The first-order chi connectivity index (χ1) is 29.6. The first-order valence-electron chi connectivity index (χ1n) is 24.0. The molecule has 3 heterocycles. The number of pyridine rings is 1. The van der Waals surface area contributed by atoms with Crippen LogP contribution < -0.4 is 14.5 Å². The van der Waals surface area contributed by atoms with E-state index in [4.69, 9.17) is 9.72 Å². The first kappa shape index (κ1) is 47.9. The minimum absolute atomic E-state index is 0.000881. The van der Waals surface area contributed by atoms with Crippen molar-refractivity contribution >= 4 is 33.2 Å². The van der Waals surface area contributed by atoms with Crippen molar-refractivity contribution in [2.75, 3.05) is 16.5 Å². The lowest BCUT2D eigenvalue weighted by molar-refractivity contribution is 0.444. The fourth-order valence-electron chi connectivity index (χ4n) is 9.27. The minimum atomic E-state index is -0.158. The summed E-state index contributed by atoms with van der Waals surface area (Å²) in [5.74, 6) is 2.53. The molecule has 1 aliphatic rings. The van der Waals surface area contributed by atoms with Gasteiger partial charge in [0.2, 0.25) is 0 Å². The minimum Gasteiger partial charge on any atom is -0.457 e. The monoisotopic (exact) mass is 873 g/mol. The van der Waals surface area contributed by atoms with Crippen molar-refractivity contribution in [1.82, 2.24) is 9.55 Å². The second-order valence-electron chi connectivity index (χ2n) is 26.2. The van der Waals surface area contributed by atoms with Crippen LogP contribution in [0.25, 0.3) is 27.6 Å². The molecule has 2 aromatic heterocycles. The molecule has 0 fully saturated rings. The standard InChI is InChI=1S/C60H80N4O/c1-54(2,3)38-22-25-49-48(33-38)47-24-23-45(36-50(47)64(49)51-34-39(26-27-61-51)55(4,5)6)65-46-32-42(58(13,14)15)31-44(35-46)63-37-62(52(59(16,17)18)53(63)60(19,20)21)43-29-40(56(7,8)9)28-41(30-43)57(10,11)12/h22-36H,37H2,1-21H3. The summed E-state index contributed by atoms with van der Waals surface area (Å²) in [4.78, 5) is 10.2. The fraction of sp³-hybridized carbons (Fsp3) is 0.483. The smallest absolute Gasteiger partial charge is 0.137 e. The number of hydrogen-bond acceptors (Lipinski definition) is 4. The van der Waals surface area contributed by atoms with Crippen molar-refractivity contribution < 1.29 is 4.74 Å². The Morgan fingerprint density at radius 2 is 0.862 bits per heavy atom. The van der Waals surface area contributed by atoms with Crippen LogP contribution in [0.4, 0.5) is 11.4 Å². The summed E-state index contributed by atoms with van der Waals surface area (Å²) >= 11 is 0. The summed E-state index contributed by atoms with van der Waals surface area (Å²) < 4.78 is 9.43. The van der Waals surface area contributed by atoms with E-state index >= 15 is 0 Å². The molecule has 0 bridgehead atoms. The summed E-state index contributed by atoms with van der Waals surface area (Å²) in [5.41, 5.74) is 13.4. The third kappa shape index (κ3) is 9.63. The van der Waals surface area contributed by atoms with Gasteiger partial charge in [-0.1, -0.05) is 158 Å². The van der Waals surface area contributed by atoms with Gasteiger partial charge in [-0.05, 0) is 116 Å². The summed E-state index contributed by atoms with van der Waals surface area (Å²) in [6.07, 6.45) is 1.95. The number of ether oxygens (including phenoxy) is 1. The molecule has 0 amide bonds. The van der Waals surface area contributed by atoms with Crippen molar-refractivity contribution in [1.29, 1.82) is 0 Å². The van der Waals surface area contributed by atoms with E-state index in [1.807, 2.05) is 6.20 Å². The molecule has 346 valence electrons. The number of anilines is 2. The predicted molar refractivity (Wildman–Crippen MR) is 281 cm³/mol. The SMILES string of the molecule is CC(C)(C)C1=C(C(C)(C)C)N(c2cc(C(C)(C)C)cc(C(C)(C)C)c2)CN1c1cc(Oc2ccc3c4cc(C(C)(C)C)ccc4n(-c4cc(C(C)(C)C)ccn4)c3c2)cc(C(C)(C)C)c1. The van der Waals surface area contributed by atoms with Gasteiger partial charge in [0.1, 0.15) is 17.3 Å². The van der Waals surface area contributed by atoms with Crippen molar-refractivity contribution in [2.24, 2.45) is 10.8 Å². The highest BCUT2D eigenvalue weighted by molar-refractivity contribution is 6.09. The zero-order valence-corrected chi connectivity index (χ0v) is 44.1. The lowest BCUT2D eigenvalue weighted by Crippen LogP contribution is -2.32. The van der Waals surface area contributed by atoms with Gasteiger partial charge in [0, 0.05) is 62.7 Å². The van der Waals surface area contributed by atoms with Crippen LogP contribution in [0.3, 0.4) is 0 Å². The summed E-state index contributed by atoms with van der Waals surface area (Å²) in [6, 6.07) is 32.1. The second-order valence-corrected chi connectivity index (χ2v) is 26.2. The lowest BCUT2D eigenvalue weighted by Gasteiger charge is -2.35. The van der Waals surface area contributed by atoms with Gasteiger partial charge in [-0.3, -0.25) is 4.57 Å². The maximum absolute atomic E-state index is 7.11. The van der Waals surface area contributed by atoms with Gasteiger partial charge in [-0.25, -0.2) is 4.98 Å². The third-order valence-electron chi connectivity index (χ3n) is 13.2. The molecule has 0 unspecified atom stereocenters. The van der Waals surface area contributed by atoms with Crippen molar-refractivity contribution in [3.63, 3.8) is 0 Å². The molecule has 0 N–H and O–H groups in total. The molecule has 5 heteroatoms. The Labute approximate surface area is 393 Å². The van der Waals surface area contributed by atoms with E-state index in [0.29, 0.717) is 6.67 Å². The van der Waals surface area contributed by atoms with Crippen molar-refractivity contribution in [2.45, 2.75) is 172 Å². The second kappa shape index (κ2) is 15.8. The van der Waals surface area contributed by atoms with Crippen LogP contribution in [0.5, 0.6) is 11.5 Å². The third-order valence-corrected chi connectivity index (χ3v) is 13.2. The number of aromatic nitrogens is 2. The Balaban J connectivity index is 1.41. The summed E-state index contributed by atoms with van der Waals surface area (Å²) in [6.45, 7) is 49.4. The number of nitrogens with zero attached hydrogens (tertiary/aromatic N) is 4. The highest BCUT2D eigenvalue weighted by Crippen LogP contribution is 2.50. The van der Waals surface area contributed by atoms with Gasteiger partial charge in [-0.15, -0.1) is 0 Å². The Kier molecular flexibility index (Phi) is 11.7. The number of benzene rings is 4. The maximum Gasteiger partial charge on any atom is 0.137 e. The van der Waals surface area contributed by atoms with Crippen molar-refractivity contribution in [3.05, 3.63) is 130 Å². The maximum atomic E-state index is 7.11. The van der Waals surface area contributed by atoms with E-state index in [1.165, 1.54) is 55.7 Å². The van der Waals surface area contributed by atoms with Crippen LogP contribution in [0.1, 0.15) is 173 Å². The summed E-state index contributed by atoms with van der Waals surface area (Å²) in [5, 5.41) is 2.40. The van der Waals surface area contributed by atoms with Crippen LogP contribution in [-0.2, 0) is 27.1 Å². The Bertz CT molecular complexity index is 2770. The number of allylic oxidation sites excluding steroid dienone is 2. The van der Waals surface area contributed by atoms with Gasteiger partial charge in [0.05, 0.1) is 17.7 Å². The number of rotatable bonds is 5. The molecule has 6 aromatic rings. The average Bonchev–Trinajstić information content (AvgIpc) is 3.74. The van der Waals surface area contributed by atoms with Crippen LogP contribution in [-0.4, -0.2) is 16.2 Å². The van der Waals surface area contributed by atoms with Crippen molar-refractivity contribution in [3.8, 4) is 17.3 Å². The Morgan fingerprint density at radius 1 is 0.385 bits per heavy atom. The quantitative estimate of drug-likeness (QED) is 0.173. The normalized spacial score (nSPS) is 15.0. The summed E-state index contributed by atoms with van der Waals surface area (Å²) in [7, 11) is 0. The average molecular weight is 873 g/mol. The van der Waals surface area contributed by atoms with Crippen LogP contribution in [0, 0.1) is 10.8 Å². The molecule has 4 aromatic carbocycles. The number of hydrogen-bond donors (Lipinski definition) is 0. The number of fused-ring (bicyclic) bond motifs is 3. The molecular weight excluding hydrogens is 793 g/mol. The van der Waals surface area contributed by atoms with Gasteiger partial charge in [0.25, 0.3) is 0 Å². The first-order valence-corrected chi connectivity index (χ1v) is 24.0. The predicted octanol–water partition coefficient (Wildman–Crippen LogP) is 17.0. The molecule has 0 saturated heterocycles. The van der Waals surface area contributed by atoms with E-state index in [9.17, 15) is 0 Å². The lowest BCUT2D eigenvalue weighted by atomic mass is 9.79. The molecule has 0 atom stereocenters. The van der Waals surface area contributed by atoms with E-state index in [0.717, 1.165) is 34.0 Å². The topological polar surface area (TPSA) is 33.5 Å². The highest BCUT2D eigenvalue weighted by Gasteiger charge is 2.42. The van der Waals surface area contributed by atoms with E-state index in [1.54, 1.807) is 0 Å². The zero-order chi connectivity index (χ0) is 48.2. The van der Waals surface area contributed by atoms with E-state index in [-0.39, 0.29) is 37.9 Å². The van der Waals surface area contributed by atoms with Gasteiger partial charge < -0.3 is 14.5 Å².